The van der Waals surface area contributed by atoms with Crippen molar-refractivity contribution in [3.8, 4) is 11.1 Å². The highest BCUT2D eigenvalue weighted by Crippen LogP contribution is 2.43. The number of benzene rings is 2. The Morgan fingerprint density at radius 3 is 2.30 bits per heavy atom. The Bertz CT molecular complexity index is 854. The summed E-state index contributed by atoms with van der Waals surface area (Å²) in [6, 6.07) is 15.9. The van der Waals surface area contributed by atoms with Crippen LogP contribution >= 0.6 is 0 Å². The monoisotopic (exact) mass is 300 g/mol. The topological polar surface area (TPSA) is 0 Å². The minimum Gasteiger partial charge on any atom is -0.0619 e. The molecule has 0 amide bonds. The third kappa shape index (κ3) is 2.37. The first-order chi connectivity index (χ1) is 10.9. The van der Waals surface area contributed by atoms with Crippen molar-refractivity contribution in [2.45, 2.75) is 40.5 Å². The quantitative estimate of drug-likeness (QED) is 0.487. The van der Waals surface area contributed by atoms with Crippen LogP contribution in [0.1, 0.15) is 50.8 Å². The summed E-state index contributed by atoms with van der Waals surface area (Å²) in [5.74, 6) is 0. The Balaban J connectivity index is 1.69. The molecule has 0 bridgehead atoms. The van der Waals surface area contributed by atoms with E-state index in [1.165, 1.54) is 39.0 Å². The molecule has 0 N–H and O–H groups in total. The van der Waals surface area contributed by atoms with E-state index in [9.17, 15) is 0 Å². The standard InChI is InChI=1S/C23H24/c1-15-11-19(23(2,3)4)14-22(15)17-9-10-21-18(13-17)12-16-7-5-6-8-20(16)21/h5-11,13H,12,14H2,1-4H3. The maximum absolute atomic E-state index is 2.42. The van der Waals surface area contributed by atoms with E-state index in [0.29, 0.717) is 0 Å². The molecule has 4 rings (SSSR count). The zero-order valence-electron chi connectivity index (χ0n) is 14.5. The van der Waals surface area contributed by atoms with Crippen molar-refractivity contribution in [3.05, 3.63) is 76.4 Å². The van der Waals surface area contributed by atoms with Crippen molar-refractivity contribution < 1.29 is 0 Å². The van der Waals surface area contributed by atoms with Gasteiger partial charge in [0.1, 0.15) is 0 Å². The Kier molecular flexibility index (Phi) is 3.13. The fourth-order valence-electron chi connectivity index (χ4n) is 3.87. The van der Waals surface area contributed by atoms with Gasteiger partial charge in [-0.1, -0.05) is 74.9 Å². The molecule has 116 valence electrons. The molecule has 0 aromatic heterocycles. The van der Waals surface area contributed by atoms with E-state index in [1.807, 2.05) is 0 Å². The number of hydrogen-bond acceptors (Lipinski definition) is 0. The van der Waals surface area contributed by atoms with Gasteiger partial charge in [-0.15, -0.1) is 0 Å². The second kappa shape index (κ2) is 4.96. The molecule has 0 unspecified atom stereocenters. The van der Waals surface area contributed by atoms with Crippen molar-refractivity contribution in [1.29, 1.82) is 0 Å². The smallest absolute Gasteiger partial charge is 0.00132 e. The molecule has 0 nitrogen and oxygen atoms in total. The Hall–Kier alpha value is -2.08. The van der Waals surface area contributed by atoms with Crippen LogP contribution in [0.15, 0.2) is 59.7 Å². The highest BCUT2D eigenvalue weighted by Gasteiger charge is 2.25. The Morgan fingerprint density at radius 1 is 0.826 bits per heavy atom. The van der Waals surface area contributed by atoms with E-state index in [-0.39, 0.29) is 5.41 Å². The van der Waals surface area contributed by atoms with Crippen molar-refractivity contribution in [1.82, 2.24) is 0 Å². The molecular weight excluding hydrogens is 276 g/mol. The summed E-state index contributed by atoms with van der Waals surface area (Å²) in [5.41, 5.74) is 11.9. The zero-order chi connectivity index (χ0) is 16.2. The minimum absolute atomic E-state index is 0.260. The molecule has 0 aliphatic heterocycles. The normalized spacial score (nSPS) is 16.4. The zero-order valence-corrected chi connectivity index (χ0v) is 14.5. The van der Waals surface area contributed by atoms with Crippen molar-refractivity contribution in [2.24, 2.45) is 5.41 Å². The molecule has 2 aliphatic rings. The van der Waals surface area contributed by atoms with Gasteiger partial charge in [-0.2, -0.15) is 0 Å². The van der Waals surface area contributed by atoms with Crippen LogP contribution in [0, 0.1) is 5.41 Å². The average molecular weight is 300 g/mol. The third-order valence-electron chi connectivity index (χ3n) is 5.34. The van der Waals surface area contributed by atoms with Gasteiger partial charge in [-0.05, 0) is 64.1 Å². The molecule has 2 aromatic carbocycles. The largest absolute Gasteiger partial charge is 0.0619 e. The van der Waals surface area contributed by atoms with Gasteiger partial charge >= 0.3 is 0 Å². The summed E-state index contributed by atoms with van der Waals surface area (Å²) >= 11 is 0. The van der Waals surface area contributed by atoms with Crippen LogP contribution in [0.4, 0.5) is 0 Å². The van der Waals surface area contributed by atoms with Gasteiger partial charge in [-0.25, -0.2) is 0 Å². The number of rotatable bonds is 1. The van der Waals surface area contributed by atoms with Crippen LogP contribution in [0.3, 0.4) is 0 Å². The predicted molar refractivity (Wildman–Crippen MR) is 99.4 cm³/mol. The maximum atomic E-state index is 2.42. The van der Waals surface area contributed by atoms with Crippen molar-refractivity contribution >= 4 is 5.57 Å². The molecule has 0 heteroatoms. The van der Waals surface area contributed by atoms with Crippen LogP contribution in [-0.2, 0) is 6.42 Å². The fraction of sp³-hybridized carbons (Fsp3) is 0.304. The van der Waals surface area contributed by atoms with E-state index in [0.717, 1.165) is 12.8 Å². The van der Waals surface area contributed by atoms with E-state index in [4.69, 9.17) is 0 Å². The highest BCUT2D eigenvalue weighted by molar-refractivity contribution is 5.82. The molecule has 2 aromatic rings. The first-order valence-electron chi connectivity index (χ1n) is 8.56. The molecule has 0 saturated heterocycles. The van der Waals surface area contributed by atoms with Gasteiger partial charge in [-0.3, -0.25) is 0 Å². The molecule has 0 atom stereocenters. The van der Waals surface area contributed by atoms with Crippen LogP contribution < -0.4 is 0 Å². The van der Waals surface area contributed by atoms with Crippen LogP contribution in [-0.4, -0.2) is 0 Å². The Morgan fingerprint density at radius 2 is 1.57 bits per heavy atom. The minimum atomic E-state index is 0.260. The third-order valence-corrected chi connectivity index (χ3v) is 5.34. The van der Waals surface area contributed by atoms with E-state index >= 15 is 0 Å². The first-order valence-corrected chi connectivity index (χ1v) is 8.56. The molecule has 23 heavy (non-hydrogen) atoms. The van der Waals surface area contributed by atoms with E-state index in [2.05, 4.69) is 76.2 Å². The molecule has 0 spiro atoms. The summed E-state index contributed by atoms with van der Waals surface area (Å²) < 4.78 is 0. The summed E-state index contributed by atoms with van der Waals surface area (Å²) in [6.45, 7) is 9.20. The van der Waals surface area contributed by atoms with E-state index in [1.54, 1.807) is 5.57 Å². The Labute approximate surface area is 139 Å². The number of hydrogen-bond donors (Lipinski definition) is 0. The summed E-state index contributed by atoms with van der Waals surface area (Å²) in [5, 5.41) is 0. The lowest BCUT2D eigenvalue weighted by molar-refractivity contribution is 0.497. The summed E-state index contributed by atoms with van der Waals surface area (Å²) in [7, 11) is 0. The summed E-state index contributed by atoms with van der Waals surface area (Å²) in [6.07, 6.45) is 4.57. The molecule has 0 saturated carbocycles. The van der Waals surface area contributed by atoms with E-state index < -0.39 is 0 Å². The van der Waals surface area contributed by atoms with Crippen LogP contribution in [0.2, 0.25) is 0 Å². The SMILES string of the molecule is CC1=C(c2ccc3c(c2)Cc2ccccc2-3)CC(C(C)(C)C)=C1. The number of allylic oxidation sites excluding steroid dienone is 4. The second-order valence-corrected chi connectivity index (χ2v) is 7.96. The van der Waals surface area contributed by atoms with Crippen LogP contribution in [0.25, 0.3) is 16.7 Å². The van der Waals surface area contributed by atoms with Gasteiger partial charge in [0.05, 0.1) is 0 Å². The van der Waals surface area contributed by atoms with Crippen molar-refractivity contribution in [2.75, 3.05) is 0 Å². The molecular formula is C23H24. The lowest BCUT2D eigenvalue weighted by Crippen LogP contribution is -2.07. The van der Waals surface area contributed by atoms with Gasteiger partial charge < -0.3 is 0 Å². The van der Waals surface area contributed by atoms with Crippen molar-refractivity contribution in [3.63, 3.8) is 0 Å². The number of fused-ring (bicyclic) bond motifs is 3. The van der Waals surface area contributed by atoms with Gasteiger partial charge in [0.15, 0.2) is 0 Å². The van der Waals surface area contributed by atoms with Gasteiger partial charge in [0, 0.05) is 0 Å². The first kappa shape index (κ1) is 14.5. The average Bonchev–Trinajstić information content (AvgIpc) is 3.06. The molecule has 0 radical (unpaired) electrons. The molecule has 2 aliphatic carbocycles. The maximum Gasteiger partial charge on any atom is -0.00132 e. The van der Waals surface area contributed by atoms with Crippen LogP contribution in [0.5, 0.6) is 0 Å². The lowest BCUT2D eigenvalue weighted by atomic mass is 9.84. The predicted octanol–water partition coefficient (Wildman–Crippen LogP) is 6.41. The fourth-order valence-corrected chi connectivity index (χ4v) is 3.87. The molecule has 0 heterocycles. The summed E-state index contributed by atoms with van der Waals surface area (Å²) in [4.78, 5) is 0. The van der Waals surface area contributed by atoms with Gasteiger partial charge in [0.2, 0.25) is 0 Å². The second-order valence-electron chi connectivity index (χ2n) is 7.96. The molecule has 0 fully saturated rings. The highest BCUT2D eigenvalue weighted by atomic mass is 14.3. The van der Waals surface area contributed by atoms with Gasteiger partial charge in [0.25, 0.3) is 0 Å². The lowest BCUT2D eigenvalue weighted by Gasteiger charge is -2.21.